The molecule has 0 radical (unpaired) electrons. The van der Waals surface area contributed by atoms with Crippen molar-refractivity contribution in [3.8, 4) is 6.07 Å². The van der Waals surface area contributed by atoms with Crippen LogP contribution in [0.1, 0.15) is 25.0 Å². The first-order chi connectivity index (χ1) is 15.0. The molecule has 2 aromatic carbocycles. The minimum absolute atomic E-state index is 0.0979. The summed E-state index contributed by atoms with van der Waals surface area (Å²) in [7, 11) is 0. The molecule has 0 saturated carbocycles. The van der Waals surface area contributed by atoms with E-state index in [4.69, 9.17) is 5.26 Å². The van der Waals surface area contributed by atoms with Gasteiger partial charge in [-0.3, -0.25) is 10.1 Å². The first-order valence-corrected chi connectivity index (χ1v) is 9.71. The Labute approximate surface area is 182 Å². The number of halogens is 3. The van der Waals surface area contributed by atoms with Crippen molar-refractivity contribution in [2.24, 2.45) is 0 Å². The Morgan fingerprint density at radius 1 is 1.16 bits per heavy atom. The molecule has 3 rings (SSSR count). The number of amides is 2. The molecule has 0 bridgehead atoms. The molecular weight excluding hydrogens is 427 g/mol. The SMILES string of the molecule is CC1CN(c2ccc(C#N)c(C(F)(F)F)c2)C(C)CN1C(=O)Nc1ccc([N+](=O)[O-])cc1. The molecule has 2 unspecified atom stereocenters. The summed E-state index contributed by atoms with van der Waals surface area (Å²) in [6.45, 7) is 4.12. The van der Waals surface area contributed by atoms with E-state index in [-0.39, 0.29) is 30.9 Å². The van der Waals surface area contributed by atoms with Crippen molar-refractivity contribution in [3.05, 3.63) is 63.7 Å². The van der Waals surface area contributed by atoms with Gasteiger partial charge in [-0.05, 0) is 44.2 Å². The molecule has 2 amide bonds. The predicted octanol–water partition coefficient (Wildman–Crippen LogP) is 4.62. The van der Waals surface area contributed by atoms with Gasteiger partial charge in [0.1, 0.15) is 0 Å². The van der Waals surface area contributed by atoms with Crippen LogP contribution in [-0.2, 0) is 6.18 Å². The highest BCUT2D eigenvalue weighted by atomic mass is 19.4. The van der Waals surface area contributed by atoms with Gasteiger partial charge in [-0.15, -0.1) is 0 Å². The summed E-state index contributed by atoms with van der Waals surface area (Å²) in [5, 5.41) is 22.4. The zero-order valence-corrected chi connectivity index (χ0v) is 17.3. The number of nitro benzene ring substituents is 1. The maximum absolute atomic E-state index is 13.3. The number of nitriles is 1. The third-order valence-corrected chi connectivity index (χ3v) is 5.34. The lowest BCUT2D eigenvalue weighted by Gasteiger charge is -2.45. The average molecular weight is 447 g/mol. The summed E-state index contributed by atoms with van der Waals surface area (Å²) in [4.78, 5) is 26.3. The largest absolute Gasteiger partial charge is 0.417 e. The van der Waals surface area contributed by atoms with Gasteiger partial charge in [-0.2, -0.15) is 18.4 Å². The molecule has 168 valence electrons. The molecule has 0 aromatic heterocycles. The summed E-state index contributed by atoms with van der Waals surface area (Å²) in [6, 6.07) is 9.56. The number of piperazine rings is 1. The molecule has 1 fully saturated rings. The molecule has 0 aliphatic carbocycles. The van der Waals surface area contributed by atoms with Gasteiger partial charge in [0.05, 0.1) is 22.1 Å². The lowest BCUT2D eigenvalue weighted by Crippen LogP contribution is -2.59. The quantitative estimate of drug-likeness (QED) is 0.547. The monoisotopic (exact) mass is 447 g/mol. The number of nitrogens with one attached hydrogen (secondary N) is 1. The molecule has 2 aromatic rings. The summed E-state index contributed by atoms with van der Waals surface area (Å²) in [5.41, 5.74) is -0.811. The molecule has 8 nitrogen and oxygen atoms in total. The Kier molecular flexibility index (Phi) is 6.25. The number of rotatable bonds is 3. The summed E-state index contributed by atoms with van der Waals surface area (Å²) in [5.74, 6) is 0. The van der Waals surface area contributed by atoms with E-state index < -0.39 is 28.3 Å². The van der Waals surface area contributed by atoms with Crippen LogP contribution in [0.25, 0.3) is 0 Å². The van der Waals surface area contributed by atoms with Gasteiger partial charge >= 0.3 is 12.2 Å². The van der Waals surface area contributed by atoms with Gasteiger partial charge in [0.15, 0.2) is 0 Å². The van der Waals surface area contributed by atoms with Crippen molar-refractivity contribution < 1.29 is 22.9 Å². The number of hydrogen-bond donors (Lipinski definition) is 1. The summed E-state index contributed by atoms with van der Waals surface area (Å²) >= 11 is 0. The number of carbonyl (C=O) groups is 1. The van der Waals surface area contributed by atoms with Crippen LogP contribution in [0.5, 0.6) is 0 Å². The van der Waals surface area contributed by atoms with Crippen molar-refractivity contribution in [2.75, 3.05) is 23.3 Å². The molecule has 0 spiro atoms. The van der Waals surface area contributed by atoms with Crippen LogP contribution in [-0.4, -0.2) is 41.0 Å². The lowest BCUT2D eigenvalue weighted by atomic mass is 10.0. The number of non-ortho nitro benzene ring substituents is 1. The maximum Gasteiger partial charge on any atom is 0.417 e. The van der Waals surface area contributed by atoms with Crippen LogP contribution in [0.15, 0.2) is 42.5 Å². The second-order valence-electron chi connectivity index (χ2n) is 7.58. The summed E-state index contributed by atoms with van der Waals surface area (Å²) < 4.78 is 40.0. The standard InChI is InChI=1S/C21H20F3N5O3/c1-13-12-28(20(30)26-16-4-7-17(8-5-16)29(31)32)14(2)11-27(13)18-6-3-15(10-25)19(9-18)21(22,23)24/h3-9,13-14H,11-12H2,1-2H3,(H,26,30). The van der Waals surface area contributed by atoms with E-state index in [0.717, 1.165) is 12.1 Å². The van der Waals surface area contributed by atoms with E-state index in [0.29, 0.717) is 11.4 Å². The molecule has 32 heavy (non-hydrogen) atoms. The molecule has 1 saturated heterocycles. The second kappa shape index (κ2) is 8.74. The fourth-order valence-corrected chi connectivity index (χ4v) is 3.67. The van der Waals surface area contributed by atoms with Crippen LogP contribution in [0.2, 0.25) is 0 Å². The van der Waals surface area contributed by atoms with Gasteiger partial charge in [0.2, 0.25) is 0 Å². The third kappa shape index (κ3) is 4.74. The zero-order chi connectivity index (χ0) is 23.6. The van der Waals surface area contributed by atoms with Gasteiger partial charge in [0.25, 0.3) is 5.69 Å². The van der Waals surface area contributed by atoms with E-state index in [1.54, 1.807) is 29.7 Å². The second-order valence-corrected chi connectivity index (χ2v) is 7.58. The van der Waals surface area contributed by atoms with Crippen molar-refractivity contribution in [1.29, 1.82) is 5.26 Å². The number of anilines is 2. The molecule has 1 heterocycles. The molecule has 1 aliphatic rings. The fraction of sp³-hybridized carbons (Fsp3) is 0.333. The van der Waals surface area contributed by atoms with E-state index in [9.17, 15) is 28.1 Å². The molecule has 1 aliphatic heterocycles. The fourth-order valence-electron chi connectivity index (χ4n) is 3.67. The summed E-state index contributed by atoms with van der Waals surface area (Å²) in [6.07, 6.45) is -4.65. The minimum Gasteiger partial charge on any atom is -0.365 e. The first kappa shape index (κ1) is 22.9. The predicted molar refractivity (Wildman–Crippen MR) is 111 cm³/mol. The van der Waals surface area contributed by atoms with Crippen LogP contribution in [0.4, 0.5) is 35.0 Å². The van der Waals surface area contributed by atoms with Gasteiger partial charge < -0.3 is 15.1 Å². The maximum atomic E-state index is 13.3. The zero-order valence-electron chi connectivity index (χ0n) is 17.3. The van der Waals surface area contributed by atoms with Gasteiger partial charge in [-0.25, -0.2) is 4.79 Å². The van der Waals surface area contributed by atoms with Crippen LogP contribution >= 0.6 is 0 Å². The van der Waals surface area contributed by atoms with Crippen molar-refractivity contribution in [3.63, 3.8) is 0 Å². The average Bonchev–Trinajstić information content (AvgIpc) is 2.74. The Balaban J connectivity index is 1.74. The number of urea groups is 1. The number of nitro groups is 1. The number of alkyl halides is 3. The highest BCUT2D eigenvalue weighted by Crippen LogP contribution is 2.35. The number of carbonyl (C=O) groups excluding carboxylic acids is 1. The van der Waals surface area contributed by atoms with Crippen LogP contribution < -0.4 is 10.2 Å². The Hall–Kier alpha value is -3.81. The highest BCUT2D eigenvalue weighted by Gasteiger charge is 2.36. The molecular formula is C21H20F3N5O3. The first-order valence-electron chi connectivity index (χ1n) is 9.71. The Morgan fingerprint density at radius 2 is 1.81 bits per heavy atom. The van der Waals surface area contributed by atoms with E-state index in [1.165, 1.54) is 30.3 Å². The molecule has 2 atom stereocenters. The molecule has 11 heteroatoms. The van der Waals surface area contributed by atoms with E-state index in [2.05, 4.69) is 5.32 Å². The van der Waals surface area contributed by atoms with Crippen molar-refractivity contribution in [2.45, 2.75) is 32.1 Å². The number of nitrogens with zero attached hydrogens (tertiary/aromatic N) is 4. The molecule has 1 N–H and O–H groups in total. The topological polar surface area (TPSA) is 103 Å². The lowest BCUT2D eigenvalue weighted by molar-refractivity contribution is -0.384. The highest BCUT2D eigenvalue weighted by molar-refractivity contribution is 5.90. The Morgan fingerprint density at radius 3 is 2.38 bits per heavy atom. The third-order valence-electron chi connectivity index (χ3n) is 5.34. The van der Waals surface area contributed by atoms with Gasteiger partial charge in [0, 0.05) is 48.7 Å². The van der Waals surface area contributed by atoms with E-state index in [1.807, 2.05) is 0 Å². The van der Waals surface area contributed by atoms with Crippen LogP contribution in [0, 0.1) is 21.4 Å². The number of hydrogen-bond acceptors (Lipinski definition) is 5. The van der Waals surface area contributed by atoms with Crippen molar-refractivity contribution >= 4 is 23.1 Å². The van der Waals surface area contributed by atoms with Crippen LogP contribution in [0.3, 0.4) is 0 Å². The Bertz CT molecular complexity index is 1070. The number of benzene rings is 2. The smallest absolute Gasteiger partial charge is 0.365 e. The van der Waals surface area contributed by atoms with Crippen molar-refractivity contribution in [1.82, 2.24) is 4.90 Å². The normalized spacial score (nSPS) is 18.8. The minimum atomic E-state index is -4.65. The van der Waals surface area contributed by atoms with Gasteiger partial charge in [-0.1, -0.05) is 0 Å². The van der Waals surface area contributed by atoms with E-state index >= 15 is 0 Å².